The summed E-state index contributed by atoms with van der Waals surface area (Å²) in [6.07, 6.45) is 4.88. The van der Waals surface area contributed by atoms with Crippen molar-refractivity contribution in [3.63, 3.8) is 0 Å². The van der Waals surface area contributed by atoms with Crippen LogP contribution in [-0.2, 0) is 0 Å². The van der Waals surface area contributed by atoms with Crippen molar-refractivity contribution in [3.8, 4) is 0 Å². The van der Waals surface area contributed by atoms with Crippen LogP contribution in [-0.4, -0.2) is 24.3 Å². The predicted molar refractivity (Wildman–Crippen MR) is 58.1 cm³/mol. The van der Waals surface area contributed by atoms with Crippen molar-refractivity contribution in [3.05, 3.63) is 0 Å². The van der Waals surface area contributed by atoms with Gasteiger partial charge in [0.25, 0.3) is 0 Å². The molecule has 2 N–H and O–H groups in total. The monoisotopic (exact) mass is 197 g/mol. The summed E-state index contributed by atoms with van der Waals surface area (Å²) in [5.41, 5.74) is 0.726. The number of fused-ring (bicyclic) bond motifs is 2. The molecule has 0 aromatic carbocycles. The van der Waals surface area contributed by atoms with Crippen LogP contribution in [0.3, 0.4) is 0 Å². The highest BCUT2D eigenvalue weighted by atomic mass is 16.3. The van der Waals surface area contributed by atoms with E-state index in [1.165, 1.54) is 19.3 Å². The highest BCUT2D eigenvalue weighted by molar-refractivity contribution is 5.13. The molecule has 3 fully saturated rings. The van der Waals surface area contributed by atoms with Crippen LogP contribution in [0.15, 0.2) is 0 Å². The summed E-state index contributed by atoms with van der Waals surface area (Å²) >= 11 is 0. The van der Waals surface area contributed by atoms with Gasteiger partial charge >= 0.3 is 0 Å². The molecule has 2 nitrogen and oxygen atoms in total. The van der Waals surface area contributed by atoms with Crippen molar-refractivity contribution in [1.82, 2.24) is 5.32 Å². The van der Waals surface area contributed by atoms with Crippen LogP contribution in [0.2, 0.25) is 0 Å². The van der Waals surface area contributed by atoms with E-state index >= 15 is 0 Å². The van der Waals surface area contributed by atoms with E-state index in [2.05, 4.69) is 26.2 Å². The van der Waals surface area contributed by atoms with Gasteiger partial charge in [0.2, 0.25) is 0 Å². The maximum absolute atomic E-state index is 9.18. The molecule has 3 atom stereocenters. The molecule has 2 heteroatoms. The van der Waals surface area contributed by atoms with Crippen LogP contribution in [0.5, 0.6) is 0 Å². The fraction of sp³-hybridized carbons (Fsp3) is 1.00. The number of nitrogens with one attached hydrogen (secondary N) is 1. The lowest BCUT2D eigenvalue weighted by atomic mass is 9.42. The highest BCUT2D eigenvalue weighted by Gasteiger charge is 2.60. The summed E-state index contributed by atoms with van der Waals surface area (Å²) in [6, 6.07) is 0. The Balaban J connectivity index is 2.18. The number of hydrogen-bond acceptors (Lipinski definition) is 2. The van der Waals surface area contributed by atoms with Gasteiger partial charge in [-0.05, 0) is 50.0 Å². The number of rotatable bonds is 3. The Morgan fingerprint density at radius 2 is 2.14 bits per heavy atom. The molecule has 3 saturated carbocycles. The van der Waals surface area contributed by atoms with Gasteiger partial charge < -0.3 is 10.4 Å². The molecule has 3 unspecified atom stereocenters. The maximum Gasteiger partial charge on any atom is 0.0448 e. The van der Waals surface area contributed by atoms with Gasteiger partial charge in [0.1, 0.15) is 0 Å². The first-order valence-corrected chi connectivity index (χ1v) is 5.86. The van der Waals surface area contributed by atoms with Gasteiger partial charge in [0.05, 0.1) is 0 Å². The second-order valence-electron chi connectivity index (χ2n) is 5.72. The molecular weight excluding hydrogens is 174 g/mol. The Hall–Kier alpha value is -0.0800. The van der Waals surface area contributed by atoms with Gasteiger partial charge in [-0.15, -0.1) is 0 Å². The average molecular weight is 197 g/mol. The van der Waals surface area contributed by atoms with E-state index in [9.17, 15) is 5.11 Å². The minimum Gasteiger partial charge on any atom is -0.396 e. The maximum atomic E-state index is 9.18. The summed E-state index contributed by atoms with van der Waals surface area (Å²) < 4.78 is 0. The number of aliphatic hydroxyl groups excluding tert-OH is 1. The lowest BCUT2D eigenvalue weighted by molar-refractivity contribution is -0.133. The van der Waals surface area contributed by atoms with Crippen molar-refractivity contribution in [2.24, 2.45) is 17.3 Å². The third-order valence-electron chi connectivity index (χ3n) is 5.13. The van der Waals surface area contributed by atoms with E-state index in [4.69, 9.17) is 0 Å². The quantitative estimate of drug-likeness (QED) is 0.723. The normalized spacial score (nSPS) is 44.6. The second-order valence-corrected chi connectivity index (χ2v) is 5.72. The molecule has 2 bridgehead atoms. The molecule has 0 heterocycles. The molecule has 82 valence electrons. The summed E-state index contributed by atoms with van der Waals surface area (Å²) in [5.74, 6) is 1.71. The molecule has 14 heavy (non-hydrogen) atoms. The van der Waals surface area contributed by atoms with Crippen LogP contribution < -0.4 is 5.32 Å². The van der Waals surface area contributed by atoms with E-state index < -0.39 is 0 Å². The van der Waals surface area contributed by atoms with E-state index in [0.717, 1.165) is 18.3 Å². The molecule has 0 saturated heterocycles. The van der Waals surface area contributed by atoms with Gasteiger partial charge in [-0.25, -0.2) is 0 Å². The van der Waals surface area contributed by atoms with Crippen LogP contribution in [0.1, 0.15) is 39.5 Å². The van der Waals surface area contributed by atoms with Crippen molar-refractivity contribution in [2.45, 2.75) is 45.1 Å². The average Bonchev–Trinajstić information content (AvgIpc) is 2.18. The highest BCUT2D eigenvalue weighted by Crippen LogP contribution is 2.63. The lowest BCUT2D eigenvalue weighted by Gasteiger charge is -2.65. The van der Waals surface area contributed by atoms with Crippen molar-refractivity contribution in [2.75, 3.05) is 13.7 Å². The summed E-state index contributed by atoms with van der Waals surface area (Å²) in [6.45, 7) is 5.11. The molecule has 0 amide bonds. The number of hydrogen-bond donors (Lipinski definition) is 2. The van der Waals surface area contributed by atoms with Crippen LogP contribution in [0.25, 0.3) is 0 Å². The Kier molecular flexibility index (Phi) is 2.39. The van der Waals surface area contributed by atoms with Crippen molar-refractivity contribution >= 4 is 0 Å². The van der Waals surface area contributed by atoms with E-state index in [1.54, 1.807) is 0 Å². The Morgan fingerprint density at radius 3 is 2.57 bits per heavy atom. The third kappa shape index (κ3) is 1.17. The summed E-state index contributed by atoms with van der Waals surface area (Å²) in [5, 5.41) is 12.7. The SMILES string of the molecule is CNC1(CCO)CCC2CC1C2(C)C. The van der Waals surface area contributed by atoms with Crippen LogP contribution in [0, 0.1) is 17.3 Å². The van der Waals surface area contributed by atoms with Gasteiger partial charge in [-0.1, -0.05) is 13.8 Å². The van der Waals surface area contributed by atoms with Gasteiger partial charge in [-0.3, -0.25) is 0 Å². The van der Waals surface area contributed by atoms with E-state index in [1.807, 2.05) is 0 Å². The molecule has 0 aromatic rings. The molecule has 0 aliphatic heterocycles. The summed E-state index contributed by atoms with van der Waals surface area (Å²) in [4.78, 5) is 0. The van der Waals surface area contributed by atoms with E-state index in [0.29, 0.717) is 12.0 Å². The molecule has 0 aromatic heterocycles. The van der Waals surface area contributed by atoms with Crippen LogP contribution >= 0.6 is 0 Å². The smallest absolute Gasteiger partial charge is 0.0448 e. The second kappa shape index (κ2) is 3.21. The van der Waals surface area contributed by atoms with Gasteiger partial charge in [0.15, 0.2) is 0 Å². The van der Waals surface area contributed by atoms with Gasteiger partial charge in [-0.2, -0.15) is 0 Å². The molecule has 0 spiro atoms. The topological polar surface area (TPSA) is 32.3 Å². The zero-order valence-electron chi connectivity index (χ0n) is 9.64. The lowest BCUT2D eigenvalue weighted by Crippen LogP contribution is -2.66. The molecule has 3 aliphatic carbocycles. The zero-order chi connectivity index (χ0) is 10.4. The first-order chi connectivity index (χ1) is 6.57. The first-order valence-electron chi connectivity index (χ1n) is 5.86. The van der Waals surface area contributed by atoms with Gasteiger partial charge in [0, 0.05) is 12.1 Å². The molecule has 3 rings (SSSR count). The fourth-order valence-electron chi connectivity index (χ4n) is 3.97. The fourth-order valence-corrected chi connectivity index (χ4v) is 3.97. The van der Waals surface area contributed by atoms with Crippen molar-refractivity contribution in [1.29, 1.82) is 0 Å². The minimum atomic E-state index is 0.229. The third-order valence-corrected chi connectivity index (χ3v) is 5.13. The zero-order valence-corrected chi connectivity index (χ0v) is 9.64. The Labute approximate surface area is 87.1 Å². The molecular formula is C12H23NO. The summed E-state index contributed by atoms with van der Waals surface area (Å²) in [7, 11) is 2.06. The predicted octanol–water partition coefficient (Wildman–Crippen LogP) is 1.78. The Bertz CT molecular complexity index is 220. The van der Waals surface area contributed by atoms with Crippen molar-refractivity contribution < 1.29 is 5.11 Å². The van der Waals surface area contributed by atoms with Crippen LogP contribution in [0.4, 0.5) is 0 Å². The molecule has 3 aliphatic rings. The Morgan fingerprint density at radius 1 is 1.43 bits per heavy atom. The standard InChI is InChI=1S/C12H23NO/c1-11(2)9-4-5-12(13-3,6-7-14)10(11)8-9/h9-10,13-14H,4-8H2,1-3H3. The largest absolute Gasteiger partial charge is 0.396 e. The first kappa shape index (κ1) is 10.4. The number of aliphatic hydroxyl groups is 1. The minimum absolute atomic E-state index is 0.229. The molecule has 0 radical (unpaired) electrons. The van der Waals surface area contributed by atoms with E-state index in [-0.39, 0.29) is 5.54 Å².